The molecule has 0 aromatic heterocycles. The molecule has 1 N–H and O–H groups in total. The van der Waals surface area contributed by atoms with E-state index in [2.05, 4.69) is 0 Å². The molecule has 0 aromatic rings. The molecule has 7 heteroatoms. The SMILES string of the molecule is COCCN(C1CC1)S(=O)(=O)N1CCC(CO)CC1. The van der Waals surface area contributed by atoms with Crippen molar-refractivity contribution in [3.05, 3.63) is 0 Å². The summed E-state index contributed by atoms with van der Waals surface area (Å²) >= 11 is 0. The average Bonchev–Trinajstić information content (AvgIpc) is 3.23. The molecule has 0 bridgehead atoms. The third-order valence-electron chi connectivity index (χ3n) is 3.92. The fourth-order valence-electron chi connectivity index (χ4n) is 2.50. The van der Waals surface area contributed by atoms with Crippen LogP contribution < -0.4 is 0 Å². The van der Waals surface area contributed by atoms with Gasteiger partial charge in [0.15, 0.2) is 0 Å². The first-order chi connectivity index (χ1) is 9.09. The van der Waals surface area contributed by atoms with Gasteiger partial charge >= 0.3 is 0 Å². The highest BCUT2D eigenvalue weighted by Gasteiger charge is 2.40. The summed E-state index contributed by atoms with van der Waals surface area (Å²) in [5.41, 5.74) is 0. The van der Waals surface area contributed by atoms with E-state index in [1.54, 1.807) is 15.7 Å². The minimum absolute atomic E-state index is 0.157. The topological polar surface area (TPSA) is 70.1 Å². The summed E-state index contributed by atoms with van der Waals surface area (Å²) in [6.45, 7) is 2.06. The van der Waals surface area contributed by atoms with E-state index < -0.39 is 10.2 Å². The number of rotatable bonds is 7. The van der Waals surface area contributed by atoms with Crippen LogP contribution in [0.15, 0.2) is 0 Å². The molecule has 1 saturated carbocycles. The molecular formula is C12H24N2O4S. The number of hydrogen-bond acceptors (Lipinski definition) is 4. The maximum absolute atomic E-state index is 12.6. The van der Waals surface area contributed by atoms with Gasteiger partial charge < -0.3 is 9.84 Å². The van der Waals surface area contributed by atoms with Gasteiger partial charge in [0.05, 0.1) is 6.61 Å². The van der Waals surface area contributed by atoms with Gasteiger partial charge in [-0.3, -0.25) is 0 Å². The van der Waals surface area contributed by atoms with Crippen LogP contribution >= 0.6 is 0 Å². The summed E-state index contributed by atoms with van der Waals surface area (Å²) in [6.07, 6.45) is 3.41. The van der Waals surface area contributed by atoms with Crippen LogP contribution in [0, 0.1) is 5.92 Å². The van der Waals surface area contributed by atoms with Crippen LogP contribution in [0.4, 0.5) is 0 Å². The largest absolute Gasteiger partial charge is 0.396 e. The first-order valence-electron chi connectivity index (χ1n) is 6.96. The lowest BCUT2D eigenvalue weighted by Crippen LogP contribution is -2.49. The van der Waals surface area contributed by atoms with Gasteiger partial charge in [0.1, 0.15) is 0 Å². The van der Waals surface area contributed by atoms with Gasteiger partial charge in [-0.2, -0.15) is 17.0 Å². The van der Waals surface area contributed by atoms with Crippen LogP contribution in [0.2, 0.25) is 0 Å². The van der Waals surface area contributed by atoms with E-state index in [0.717, 1.165) is 25.7 Å². The lowest BCUT2D eigenvalue weighted by atomic mass is 10.00. The first kappa shape index (κ1) is 15.2. The summed E-state index contributed by atoms with van der Waals surface area (Å²) in [5.74, 6) is 0.250. The molecule has 6 nitrogen and oxygen atoms in total. The highest BCUT2D eigenvalue weighted by molar-refractivity contribution is 7.86. The lowest BCUT2D eigenvalue weighted by Gasteiger charge is -2.34. The Balaban J connectivity index is 1.99. The predicted octanol–water partition coefficient (Wildman–Crippen LogP) is 0.0463. The van der Waals surface area contributed by atoms with E-state index >= 15 is 0 Å². The number of ether oxygens (including phenoxy) is 1. The lowest BCUT2D eigenvalue weighted by molar-refractivity contribution is 0.156. The molecule has 112 valence electrons. The summed E-state index contributed by atoms with van der Waals surface area (Å²) < 4.78 is 33.4. The Morgan fingerprint density at radius 1 is 1.26 bits per heavy atom. The molecule has 1 heterocycles. The summed E-state index contributed by atoms with van der Waals surface area (Å²) in [5, 5.41) is 9.11. The number of aliphatic hydroxyl groups is 1. The van der Waals surface area contributed by atoms with Crippen molar-refractivity contribution in [2.75, 3.05) is 40.0 Å². The highest BCUT2D eigenvalue weighted by atomic mass is 32.2. The van der Waals surface area contributed by atoms with E-state index in [-0.39, 0.29) is 18.6 Å². The summed E-state index contributed by atoms with van der Waals surface area (Å²) in [7, 11) is -1.77. The van der Waals surface area contributed by atoms with Crippen LogP contribution in [0.1, 0.15) is 25.7 Å². The standard InChI is InChI=1S/C12H24N2O4S/c1-18-9-8-14(12-2-3-12)19(16,17)13-6-4-11(10-15)5-7-13/h11-12,15H,2-10H2,1H3. The predicted molar refractivity (Wildman–Crippen MR) is 71.9 cm³/mol. The molecule has 0 spiro atoms. The molecule has 2 aliphatic rings. The fourth-order valence-corrected chi connectivity index (χ4v) is 4.36. The maximum Gasteiger partial charge on any atom is 0.282 e. The van der Waals surface area contributed by atoms with Crippen molar-refractivity contribution in [2.24, 2.45) is 5.92 Å². The molecule has 1 aliphatic carbocycles. The second-order valence-corrected chi connectivity index (χ2v) is 7.25. The third-order valence-corrected chi connectivity index (χ3v) is 6.02. The van der Waals surface area contributed by atoms with Crippen molar-refractivity contribution in [1.29, 1.82) is 0 Å². The van der Waals surface area contributed by atoms with Gasteiger partial charge in [-0.05, 0) is 31.6 Å². The Labute approximate surface area is 115 Å². The first-order valence-corrected chi connectivity index (χ1v) is 8.36. The van der Waals surface area contributed by atoms with E-state index in [1.807, 2.05) is 0 Å². The summed E-state index contributed by atoms with van der Waals surface area (Å²) in [4.78, 5) is 0. The van der Waals surface area contributed by atoms with Crippen LogP contribution in [0.3, 0.4) is 0 Å². The van der Waals surface area contributed by atoms with Gasteiger partial charge in [-0.25, -0.2) is 0 Å². The highest BCUT2D eigenvalue weighted by Crippen LogP contribution is 2.31. The molecule has 1 saturated heterocycles. The van der Waals surface area contributed by atoms with E-state index in [4.69, 9.17) is 9.84 Å². The van der Waals surface area contributed by atoms with Gasteiger partial charge in [-0.1, -0.05) is 0 Å². The molecule has 0 amide bonds. The molecule has 0 atom stereocenters. The Morgan fingerprint density at radius 2 is 1.89 bits per heavy atom. The number of nitrogens with zero attached hydrogens (tertiary/aromatic N) is 2. The van der Waals surface area contributed by atoms with Crippen LogP contribution in [0.25, 0.3) is 0 Å². The average molecular weight is 292 g/mol. The molecule has 0 aromatic carbocycles. The molecule has 1 aliphatic heterocycles. The number of piperidine rings is 1. The Morgan fingerprint density at radius 3 is 2.37 bits per heavy atom. The Kier molecular flexibility index (Phi) is 5.19. The normalized spacial score (nSPS) is 23.1. The van der Waals surface area contributed by atoms with E-state index in [9.17, 15) is 8.42 Å². The third kappa shape index (κ3) is 3.66. The van der Waals surface area contributed by atoms with Crippen LogP contribution in [-0.4, -0.2) is 68.1 Å². The van der Waals surface area contributed by atoms with E-state index in [1.165, 1.54) is 0 Å². The molecular weight excluding hydrogens is 268 g/mol. The van der Waals surface area contributed by atoms with Crippen molar-refractivity contribution in [3.63, 3.8) is 0 Å². The molecule has 2 rings (SSSR count). The zero-order chi connectivity index (χ0) is 13.9. The van der Waals surface area contributed by atoms with Crippen molar-refractivity contribution >= 4 is 10.2 Å². The molecule has 0 unspecified atom stereocenters. The molecule has 0 radical (unpaired) electrons. The zero-order valence-electron chi connectivity index (χ0n) is 11.5. The van der Waals surface area contributed by atoms with Gasteiger partial charge in [-0.15, -0.1) is 0 Å². The number of hydrogen-bond donors (Lipinski definition) is 1. The van der Waals surface area contributed by atoms with Crippen molar-refractivity contribution in [2.45, 2.75) is 31.7 Å². The van der Waals surface area contributed by atoms with Gasteiger partial charge in [0.2, 0.25) is 0 Å². The molecule has 2 fully saturated rings. The van der Waals surface area contributed by atoms with Crippen molar-refractivity contribution < 1.29 is 18.3 Å². The number of methoxy groups -OCH3 is 1. The van der Waals surface area contributed by atoms with Crippen molar-refractivity contribution in [3.8, 4) is 0 Å². The fraction of sp³-hybridized carbons (Fsp3) is 1.00. The van der Waals surface area contributed by atoms with Gasteiger partial charge in [0.25, 0.3) is 10.2 Å². The van der Waals surface area contributed by atoms with Crippen LogP contribution in [-0.2, 0) is 14.9 Å². The smallest absolute Gasteiger partial charge is 0.282 e. The molecule has 19 heavy (non-hydrogen) atoms. The number of aliphatic hydroxyl groups excluding tert-OH is 1. The Bertz CT molecular complexity index is 375. The van der Waals surface area contributed by atoms with Gasteiger partial charge in [0, 0.05) is 39.4 Å². The van der Waals surface area contributed by atoms with Crippen LogP contribution in [0.5, 0.6) is 0 Å². The van der Waals surface area contributed by atoms with E-state index in [0.29, 0.717) is 26.2 Å². The summed E-state index contributed by atoms with van der Waals surface area (Å²) in [6, 6.07) is 0.163. The minimum Gasteiger partial charge on any atom is -0.396 e. The minimum atomic E-state index is -3.36. The van der Waals surface area contributed by atoms with Crippen molar-refractivity contribution in [1.82, 2.24) is 8.61 Å². The Hall–Kier alpha value is -0.210. The second-order valence-electron chi connectivity index (χ2n) is 5.37. The quantitative estimate of drug-likeness (QED) is 0.719. The zero-order valence-corrected chi connectivity index (χ0v) is 12.3. The maximum atomic E-state index is 12.6. The monoisotopic (exact) mass is 292 g/mol. The second kappa shape index (κ2) is 6.49.